The van der Waals surface area contributed by atoms with Crippen LogP contribution in [0.2, 0.25) is 0 Å². The first kappa shape index (κ1) is 92.0. The number of rotatable bonds is 16. The van der Waals surface area contributed by atoms with E-state index in [1.165, 1.54) is 39.2 Å². The van der Waals surface area contributed by atoms with Crippen LogP contribution < -0.4 is 39.2 Å². The molecule has 0 aliphatic rings. The third-order valence-corrected chi connectivity index (χ3v) is 16.7. The summed E-state index contributed by atoms with van der Waals surface area (Å²) in [6, 6.07) is 63.0. The van der Waals surface area contributed by atoms with Crippen molar-refractivity contribution in [1.29, 1.82) is 10.5 Å². The monoisotopic (exact) mass is 1660 g/mol. The molecule has 122 heavy (non-hydrogen) atoms. The predicted molar refractivity (Wildman–Crippen MR) is 474 cm³/mol. The van der Waals surface area contributed by atoms with E-state index in [-0.39, 0.29) is 0 Å². The fourth-order valence-electron chi connectivity index (χ4n) is 12.0. The number of anilines is 16. The Morgan fingerprint density at radius 2 is 0.246 bits per heavy atom. The van der Waals surface area contributed by atoms with Crippen LogP contribution in [0.15, 0.2) is 218 Å². The molecule has 9 aromatic carbocycles. The zero-order chi connectivity index (χ0) is 90.2. The Kier molecular flexibility index (Phi) is 27.4. The summed E-state index contributed by atoms with van der Waals surface area (Å²) in [4.78, 5) is 126. The molecule has 0 fully saturated rings. The molecule has 638 valence electrons. The number of amides is 8. The van der Waals surface area contributed by atoms with Gasteiger partial charge in [-0.1, -0.05) is 0 Å². The van der Waals surface area contributed by atoms with Crippen LogP contribution in [0.25, 0.3) is 0 Å². The highest BCUT2D eigenvalue weighted by Crippen LogP contribution is 2.42. The molecule has 0 aliphatic carbocycles. The van der Waals surface area contributed by atoms with Crippen molar-refractivity contribution < 1.29 is 76.3 Å². The molecule has 26 nitrogen and oxygen atoms in total. The molecule has 0 aliphatic heterocycles. The molecule has 0 spiro atoms. The van der Waals surface area contributed by atoms with Crippen LogP contribution in [0, 0.1) is 22.7 Å². The second-order valence-electron chi connectivity index (χ2n) is 36.5. The molecule has 0 saturated carbocycles. The summed E-state index contributed by atoms with van der Waals surface area (Å²) in [5.74, 6) is 0. The number of hydrogen-bond donors (Lipinski definition) is 0. The first-order valence-electron chi connectivity index (χ1n) is 39.6. The minimum absolute atomic E-state index is 0.305. The van der Waals surface area contributed by atoms with Gasteiger partial charge in [-0.15, -0.1) is 0 Å². The van der Waals surface area contributed by atoms with Gasteiger partial charge in [0.05, 0.1) is 114 Å². The maximum atomic E-state index is 14.7. The van der Waals surface area contributed by atoms with Gasteiger partial charge in [-0.05, 0) is 385 Å². The third kappa shape index (κ3) is 25.1. The number of benzene rings is 9. The van der Waals surface area contributed by atoms with Gasteiger partial charge in [0.2, 0.25) is 0 Å². The highest BCUT2D eigenvalue weighted by molar-refractivity contribution is 6.05. The average molecular weight is 1660 g/mol. The second-order valence-corrected chi connectivity index (χ2v) is 36.5. The van der Waals surface area contributed by atoms with Gasteiger partial charge in [-0.2, -0.15) is 10.5 Å². The zero-order valence-corrected chi connectivity index (χ0v) is 73.8. The topological polar surface area (TPSA) is 284 Å². The summed E-state index contributed by atoms with van der Waals surface area (Å²) in [6.45, 7) is 41.7. The number of ether oxygens (including phenoxy) is 8. The molecule has 9 aromatic rings. The summed E-state index contributed by atoms with van der Waals surface area (Å²) in [6.07, 6.45) is -5.88. The average Bonchev–Trinajstić information content (AvgIpc) is 0.790. The van der Waals surface area contributed by atoms with Gasteiger partial charge >= 0.3 is 48.7 Å². The smallest absolute Gasteiger partial charge is 0.419 e. The Labute approximate surface area is 714 Å². The summed E-state index contributed by atoms with van der Waals surface area (Å²) in [7, 11) is 0. The van der Waals surface area contributed by atoms with E-state index in [1.807, 2.05) is 0 Å². The first-order valence-corrected chi connectivity index (χ1v) is 39.6. The SMILES string of the molecule is CC(C)(C)OC(=O)N(c1ccc(C#N)cc1)c1ccc(N(C(=O)OC(C)(C)C)c2ccc(N(C(=O)OC(C)(C)C)c3ccc(N(C(=O)OC(C)(C)C)c4ccc(N(C(=O)OC(C)(C)C)c5ccc(N(C(=O)OC(C)(C)C)c6ccc(N(C(=O)OC(C)(C)C)c7ccc(N(C(=O)OC(C)(C)C)c8ccc(C#N)cc8)cc7)cc6)cc5)cc4)cc3)cc2)cc1. The largest absolute Gasteiger partial charge is 0.443 e. The van der Waals surface area contributed by atoms with Gasteiger partial charge in [0.1, 0.15) is 44.8 Å². The first-order chi connectivity index (χ1) is 56.6. The lowest BCUT2D eigenvalue weighted by atomic mass is 10.1. The van der Waals surface area contributed by atoms with Crippen LogP contribution in [0.1, 0.15) is 177 Å². The molecular weight excluding hydrogens is 1550 g/mol. The Bertz CT molecular complexity index is 4980. The lowest BCUT2D eigenvalue weighted by molar-refractivity contribution is 0.0586. The highest BCUT2D eigenvalue weighted by Gasteiger charge is 2.36. The van der Waals surface area contributed by atoms with Gasteiger partial charge in [0.15, 0.2) is 0 Å². The van der Waals surface area contributed by atoms with Crippen molar-refractivity contribution in [3.8, 4) is 12.1 Å². The van der Waals surface area contributed by atoms with Gasteiger partial charge in [-0.3, -0.25) is 0 Å². The highest BCUT2D eigenvalue weighted by atomic mass is 16.6. The van der Waals surface area contributed by atoms with Crippen molar-refractivity contribution in [3.05, 3.63) is 230 Å². The zero-order valence-electron chi connectivity index (χ0n) is 73.8. The van der Waals surface area contributed by atoms with Crippen molar-refractivity contribution in [2.45, 2.75) is 211 Å². The number of carbonyl (C=O) groups excluding carboxylic acids is 8. The fraction of sp³-hybridized carbons (Fsp3) is 0.333. The molecule has 0 heterocycles. The van der Waals surface area contributed by atoms with Crippen molar-refractivity contribution >= 4 is 140 Å². The molecule has 0 saturated heterocycles. The molecule has 9 rings (SSSR count). The van der Waals surface area contributed by atoms with E-state index in [0.717, 1.165) is 0 Å². The number of nitriles is 2. The Hall–Kier alpha value is -13.9. The van der Waals surface area contributed by atoms with Crippen LogP contribution in [0.3, 0.4) is 0 Å². The van der Waals surface area contributed by atoms with E-state index in [0.29, 0.717) is 102 Å². The quantitative estimate of drug-likeness (QED) is 0.0812. The number of hydrogen-bond acceptors (Lipinski definition) is 18. The maximum Gasteiger partial charge on any atom is 0.419 e. The van der Waals surface area contributed by atoms with Crippen LogP contribution in [0.5, 0.6) is 0 Å². The molecule has 0 bridgehead atoms. The number of nitrogens with zero attached hydrogens (tertiary/aromatic N) is 10. The van der Waals surface area contributed by atoms with Gasteiger partial charge in [0.25, 0.3) is 0 Å². The third-order valence-electron chi connectivity index (χ3n) is 16.7. The van der Waals surface area contributed by atoms with E-state index >= 15 is 0 Å². The fourth-order valence-corrected chi connectivity index (χ4v) is 12.0. The summed E-state index contributed by atoms with van der Waals surface area (Å²) in [5, 5.41) is 19.1. The molecule has 0 N–H and O–H groups in total. The predicted octanol–water partition coefficient (Wildman–Crippen LogP) is 26.0. The van der Waals surface area contributed by atoms with E-state index in [1.54, 1.807) is 385 Å². The summed E-state index contributed by atoms with van der Waals surface area (Å²) >= 11 is 0. The summed E-state index contributed by atoms with van der Waals surface area (Å²) in [5.41, 5.74) is -1.18. The minimum Gasteiger partial charge on any atom is -0.443 e. The second kappa shape index (κ2) is 36.4. The Balaban J connectivity index is 1.04. The maximum absolute atomic E-state index is 14.7. The standard InChI is InChI=1S/C96H108N10O16/c1-89(2,3)115-81(107)99(65-29-25-63(61-97)26-30-65)67-33-37-69(38-34-67)101(83(109)117-91(7,8)9)71-41-45-73(46-42-71)103(85(111)119-93(13,14)15)75-49-53-77(54-50-75)105(87(113)121-95(19,20)21)79-57-59-80(60-58-79)106(88(114)122-96(22,23)24)78-55-51-76(52-56-78)104(86(112)120-94(16,17)18)74-47-43-72(44-48-74)102(84(110)118-92(10,11)12)70-39-35-68(36-40-70)100(82(108)116-90(4,5)6)66-31-27-64(62-98)28-32-66/h25-60H,1-24H3. The molecular formula is C96H108N10O16. The van der Waals surface area contributed by atoms with Crippen LogP contribution in [0.4, 0.5) is 129 Å². The van der Waals surface area contributed by atoms with Gasteiger partial charge in [0, 0.05) is 0 Å². The van der Waals surface area contributed by atoms with Crippen LogP contribution in [-0.2, 0) is 37.9 Å². The van der Waals surface area contributed by atoms with Crippen molar-refractivity contribution in [1.82, 2.24) is 0 Å². The van der Waals surface area contributed by atoms with Crippen LogP contribution >= 0.6 is 0 Å². The lowest BCUT2D eigenvalue weighted by Crippen LogP contribution is -2.35. The molecule has 26 heteroatoms. The molecule has 8 amide bonds. The molecule has 0 aromatic heterocycles. The van der Waals surface area contributed by atoms with E-state index in [4.69, 9.17) is 37.9 Å². The van der Waals surface area contributed by atoms with E-state index < -0.39 is 93.6 Å². The summed E-state index contributed by atoms with van der Waals surface area (Å²) < 4.78 is 47.7. The Morgan fingerprint density at radius 3 is 0.311 bits per heavy atom. The van der Waals surface area contributed by atoms with Crippen molar-refractivity contribution in [3.63, 3.8) is 0 Å². The van der Waals surface area contributed by atoms with Gasteiger partial charge < -0.3 is 37.9 Å². The van der Waals surface area contributed by atoms with E-state index in [9.17, 15) is 48.9 Å². The minimum atomic E-state index is -0.986. The van der Waals surface area contributed by atoms with E-state index in [2.05, 4.69) is 12.1 Å². The molecule has 0 unspecified atom stereocenters. The van der Waals surface area contributed by atoms with Crippen molar-refractivity contribution in [2.75, 3.05) is 39.2 Å². The number of carbonyl (C=O) groups is 8. The lowest BCUT2D eigenvalue weighted by Gasteiger charge is -2.31. The normalized spacial score (nSPS) is 11.9. The molecule has 0 radical (unpaired) electrons. The van der Waals surface area contributed by atoms with Crippen molar-refractivity contribution in [2.24, 2.45) is 0 Å². The van der Waals surface area contributed by atoms with Gasteiger partial charge in [-0.25, -0.2) is 77.6 Å². The Morgan fingerprint density at radius 1 is 0.172 bits per heavy atom. The molecule has 0 atom stereocenters. The van der Waals surface area contributed by atoms with Crippen LogP contribution in [-0.4, -0.2) is 93.6 Å².